The summed E-state index contributed by atoms with van der Waals surface area (Å²) in [5, 5.41) is 11.8. The second-order valence-corrected chi connectivity index (χ2v) is 11.2. The number of unbranched alkanes of at least 4 members (excludes halogenated alkanes) is 2. The largest absolute Gasteiger partial charge is 0.507 e. The van der Waals surface area contributed by atoms with Gasteiger partial charge in [-0.2, -0.15) is 0 Å². The zero-order chi connectivity index (χ0) is 30.7. The summed E-state index contributed by atoms with van der Waals surface area (Å²) in [5.74, 6) is -0.403. The Morgan fingerprint density at radius 2 is 1.81 bits per heavy atom. The standard InChI is InChI=1S/C32H34N2O8S/c1-5-7-8-13-40-22-11-9-20(16-24(22)39-6-2)27-26(28(36)21-10-12-23-25(17-21)42-15-14-41-23)29(37)31(38)34(27)32-33-18(3)30(43-32)19(4)35/h9-12,16-17,27,36H,5-8,13-15H2,1-4H3/b28-26+/t27-/m0/s1. The molecule has 0 spiro atoms. The van der Waals surface area contributed by atoms with Crippen molar-refractivity contribution in [1.82, 2.24) is 4.98 Å². The minimum Gasteiger partial charge on any atom is -0.507 e. The van der Waals surface area contributed by atoms with Crippen LogP contribution in [0.15, 0.2) is 42.0 Å². The quantitative estimate of drug-likeness (QED) is 0.0917. The summed E-state index contributed by atoms with van der Waals surface area (Å²) in [6.45, 7) is 8.69. The highest BCUT2D eigenvalue weighted by Crippen LogP contribution is 2.46. The van der Waals surface area contributed by atoms with E-state index in [1.54, 1.807) is 43.3 Å². The fraction of sp³-hybridized carbons (Fsp3) is 0.375. The molecule has 10 nitrogen and oxygen atoms in total. The van der Waals surface area contributed by atoms with Crippen LogP contribution in [0, 0.1) is 6.92 Å². The topological polar surface area (TPSA) is 124 Å². The maximum absolute atomic E-state index is 13.7. The number of anilines is 1. The number of ketones is 2. The van der Waals surface area contributed by atoms with Gasteiger partial charge in [0.1, 0.15) is 19.0 Å². The maximum atomic E-state index is 13.7. The van der Waals surface area contributed by atoms with Gasteiger partial charge < -0.3 is 24.1 Å². The molecule has 2 aliphatic heterocycles. The first-order valence-corrected chi connectivity index (χ1v) is 15.2. The molecule has 43 heavy (non-hydrogen) atoms. The summed E-state index contributed by atoms with van der Waals surface area (Å²) in [4.78, 5) is 45.7. The van der Waals surface area contributed by atoms with Crippen molar-refractivity contribution in [3.05, 3.63) is 63.7 Å². The number of rotatable bonds is 11. The average Bonchev–Trinajstić information content (AvgIpc) is 3.51. The highest BCUT2D eigenvalue weighted by Gasteiger charge is 2.48. The number of carbonyl (C=O) groups is 3. The van der Waals surface area contributed by atoms with Crippen LogP contribution in [0.4, 0.5) is 5.13 Å². The molecule has 1 N–H and O–H groups in total. The number of hydrogen-bond acceptors (Lipinski definition) is 10. The molecule has 1 aromatic heterocycles. The minimum atomic E-state index is -1.06. The van der Waals surface area contributed by atoms with Crippen LogP contribution in [-0.2, 0) is 9.59 Å². The number of ether oxygens (including phenoxy) is 4. The number of aliphatic hydroxyl groups excluding tert-OH is 1. The molecular formula is C32H34N2O8S. The van der Waals surface area contributed by atoms with E-state index in [4.69, 9.17) is 18.9 Å². The summed E-state index contributed by atoms with van der Waals surface area (Å²) in [6, 6.07) is 8.96. The Hall–Kier alpha value is -4.38. The lowest BCUT2D eigenvalue weighted by Gasteiger charge is -2.24. The van der Waals surface area contributed by atoms with Gasteiger partial charge in [-0.05, 0) is 56.2 Å². The predicted octanol–water partition coefficient (Wildman–Crippen LogP) is 6.02. The zero-order valence-electron chi connectivity index (χ0n) is 24.6. The van der Waals surface area contributed by atoms with E-state index in [1.165, 1.54) is 11.8 Å². The molecule has 11 heteroatoms. The molecule has 0 aliphatic carbocycles. The molecule has 0 bridgehead atoms. The molecule has 2 aromatic carbocycles. The van der Waals surface area contributed by atoms with Crippen molar-refractivity contribution in [2.75, 3.05) is 31.3 Å². The van der Waals surface area contributed by atoms with Gasteiger partial charge in [0.25, 0.3) is 5.78 Å². The fourth-order valence-corrected chi connectivity index (χ4v) is 6.11. The highest BCUT2D eigenvalue weighted by atomic mass is 32.1. The number of fused-ring (bicyclic) bond motifs is 1. The lowest BCUT2D eigenvalue weighted by molar-refractivity contribution is -0.132. The Morgan fingerprint density at radius 1 is 1.05 bits per heavy atom. The van der Waals surface area contributed by atoms with Crippen LogP contribution in [0.5, 0.6) is 23.0 Å². The highest BCUT2D eigenvalue weighted by molar-refractivity contribution is 7.18. The molecule has 226 valence electrons. The van der Waals surface area contributed by atoms with Gasteiger partial charge in [-0.25, -0.2) is 4.98 Å². The van der Waals surface area contributed by atoms with Gasteiger partial charge in [0.05, 0.1) is 35.4 Å². The third kappa shape index (κ3) is 5.94. The Balaban J connectivity index is 1.65. The molecule has 0 saturated carbocycles. The van der Waals surface area contributed by atoms with Crippen molar-refractivity contribution in [1.29, 1.82) is 0 Å². The fourth-order valence-electron chi connectivity index (χ4n) is 5.12. The van der Waals surface area contributed by atoms with E-state index in [9.17, 15) is 19.5 Å². The molecule has 0 radical (unpaired) electrons. The van der Waals surface area contributed by atoms with Gasteiger partial charge in [-0.3, -0.25) is 19.3 Å². The average molecular weight is 607 g/mol. The lowest BCUT2D eigenvalue weighted by Crippen LogP contribution is -2.29. The first kappa shape index (κ1) is 30.1. The van der Waals surface area contributed by atoms with Crippen LogP contribution in [-0.4, -0.2) is 54.0 Å². The van der Waals surface area contributed by atoms with E-state index in [1.807, 2.05) is 6.92 Å². The first-order chi connectivity index (χ1) is 20.7. The Bertz CT molecular complexity index is 1590. The number of aliphatic hydroxyl groups is 1. The van der Waals surface area contributed by atoms with Gasteiger partial charge in [0, 0.05) is 12.5 Å². The van der Waals surface area contributed by atoms with Crippen molar-refractivity contribution in [3.8, 4) is 23.0 Å². The first-order valence-electron chi connectivity index (χ1n) is 14.3. The van der Waals surface area contributed by atoms with E-state index in [2.05, 4.69) is 11.9 Å². The number of benzene rings is 2. The Kier molecular flexibility index (Phi) is 9.00. The molecule has 3 heterocycles. The summed E-state index contributed by atoms with van der Waals surface area (Å²) in [7, 11) is 0. The van der Waals surface area contributed by atoms with Crippen LogP contribution in [0.2, 0.25) is 0 Å². The van der Waals surface area contributed by atoms with Crippen molar-refractivity contribution in [2.24, 2.45) is 0 Å². The second kappa shape index (κ2) is 12.9. The summed E-state index contributed by atoms with van der Waals surface area (Å²) in [6.07, 6.45) is 2.98. The van der Waals surface area contributed by atoms with Crippen LogP contribution < -0.4 is 23.8 Å². The number of aryl methyl sites for hydroxylation is 1. The van der Waals surface area contributed by atoms with Crippen molar-refractivity contribution < 1.29 is 38.4 Å². The normalized spacial score (nSPS) is 17.3. The smallest absolute Gasteiger partial charge is 0.301 e. The number of aromatic nitrogens is 1. The van der Waals surface area contributed by atoms with Crippen LogP contribution in [0.3, 0.4) is 0 Å². The Labute approximate surface area is 253 Å². The number of thiazole rings is 1. The molecule has 3 aromatic rings. The predicted molar refractivity (Wildman–Crippen MR) is 162 cm³/mol. The lowest BCUT2D eigenvalue weighted by atomic mass is 9.95. The molecule has 5 rings (SSSR count). The third-order valence-electron chi connectivity index (χ3n) is 7.16. The van der Waals surface area contributed by atoms with Crippen molar-refractivity contribution in [3.63, 3.8) is 0 Å². The number of amides is 1. The van der Waals surface area contributed by atoms with Gasteiger partial charge in [-0.15, -0.1) is 0 Å². The van der Waals surface area contributed by atoms with E-state index in [0.29, 0.717) is 65.6 Å². The Morgan fingerprint density at radius 3 is 2.51 bits per heavy atom. The van der Waals surface area contributed by atoms with Gasteiger partial charge in [0.2, 0.25) is 0 Å². The minimum absolute atomic E-state index is 0.127. The van der Waals surface area contributed by atoms with Crippen molar-refractivity contribution >= 4 is 39.7 Å². The van der Waals surface area contributed by atoms with Gasteiger partial charge in [-0.1, -0.05) is 37.2 Å². The van der Waals surface area contributed by atoms with E-state index in [-0.39, 0.29) is 27.8 Å². The van der Waals surface area contributed by atoms with Crippen LogP contribution in [0.25, 0.3) is 5.76 Å². The van der Waals surface area contributed by atoms with E-state index < -0.39 is 17.7 Å². The molecule has 1 atom stereocenters. The molecule has 0 unspecified atom stereocenters. The number of Topliss-reactive ketones (excluding diaryl/α,β-unsaturated/α-hetero) is 2. The summed E-state index contributed by atoms with van der Waals surface area (Å²) in [5.41, 5.74) is 1.11. The number of hydrogen-bond donors (Lipinski definition) is 1. The van der Waals surface area contributed by atoms with Crippen molar-refractivity contribution in [2.45, 2.75) is 53.0 Å². The monoisotopic (exact) mass is 606 g/mol. The SMILES string of the molecule is CCCCCOc1ccc([C@H]2/C(=C(\O)c3ccc4c(c3)OCCO4)C(=O)C(=O)N2c2nc(C)c(C(C)=O)s2)cc1OCC. The molecule has 1 amide bonds. The van der Waals surface area contributed by atoms with Gasteiger partial charge >= 0.3 is 5.91 Å². The maximum Gasteiger partial charge on any atom is 0.301 e. The van der Waals surface area contributed by atoms with E-state index in [0.717, 1.165) is 30.6 Å². The number of carbonyl (C=O) groups excluding carboxylic acids is 3. The molecule has 1 saturated heterocycles. The summed E-state index contributed by atoms with van der Waals surface area (Å²) >= 11 is 1.03. The second-order valence-electron chi connectivity index (χ2n) is 10.2. The van der Waals surface area contributed by atoms with Crippen LogP contribution >= 0.6 is 11.3 Å². The summed E-state index contributed by atoms with van der Waals surface area (Å²) < 4.78 is 23.2. The number of nitrogens with zero attached hydrogens (tertiary/aromatic N) is 2. The van der Waals surface area contributed by atoms with E-state index >= 15 is 0 Å². The zero-order valence-corrected chi connectivity index (χ0v) is 25.4. The molecule has 1 fully saturated rings. The third-order valence-corrected chi connectivity index (χ3v) is 8.42. The molecular weight excluding hydrogens is 572 g/mol. The molecule has 2 aliphatic rings. The van der Waals surface area contributed by atoms with Crippen LogP contribution in [0.1, 0.15) is 72.6 Å². The van der Waals surface area contributed by atoms with Gasteiger partial charge in [0.15, 0.2) is 33.9 Å².